The van der Waals surface area contributed by atoms with Crippen LogP contribution in [0.15, 0.2) is 37.1 Å². The Kier molecular flexibility index (Phi) is 5.24. The van der Waals surface area contributed by atoms with Crippen molar-refractivity contribution in [1.82, 2.24) is 34.0 Å². The van der Waals surface area contributed by atoms with E-state index in [0.717, 1.165) is 25.7 Å². The number of likely N-dealkylation sites (tertiary alicyclic amines) is 1. The van der Waals surface area contributed by atoms with Crippen LogP contribution in [0.5, 0.6) is 0 Å². The molecule has 32 heavy (non-hydrogen) atoms. The van der Waals surface area contributed by atoms with Gasteiger partial charge >= 0.3 is 0 Å². The predicted octanol–water partition coefficient (Wildman–Crippen LogP) is 3.89. The molecule has 4 aromatic heterocycles. The number of pyridine rings is 1. The fraction of sp³-hybridized carbons (Fsp3) is 0.381. The lowest BCUT2D eigenvalue weighted by Gasteiger charge is -2.19. The molecule has 8 nitrogen and oxygen atoms in total. The van der Waals surface area contributed by atoms with E-state index >= 15 is 0 Å². The highest BCUT2D eigenvalue weighted by Crippen LogP contribution is 2.32. The Balaban J connectivity index is 1.64. The Labute approximate surface area is 180 Å². The van der Waals surface area contributed by atoms with Crippen molar-refractivity contribution in [2.24, 2.45) is 0 Å². The van der Waals surface area contributed by atoms with Crippen LogP contribution in [0.4, 0.5) is 13.2 Å². The summed E-state index contributed by atoms with van der Waals surface area (Å²) in [7, 11) is 0. The number of hydrogen-bond donors (Lipinski definition) is 0. The second-order valence-electron chi connectivity index (χ2n) is 7.74. The number of carbonyl (C=O) groups excluding carboxylic acids is 1. The van der Waals surface area contributed by atoms with E-state index in [-0.39, 0.29) is 22.8 Å². The van der Waals surface area contributed by atoms with Crippen LogP contribution in [0.2, 0.25) is 0 Å². The van der Waals surface area contributed by atoms with Crippen LogP contribution in [0, 0.1) is 0 Å². The second kappa shape index (κ2) is 8.21. The van der Waals surface area contributed by atoms with Gasteiger partial charge in [0.15, 0.2) is 5.65 Å². The fourth-order valence-electron chi connectivity index (χ4n) is 4.09. The first kappa shape index (κ1) is 20.4. The molecule has 5 rings (SSSR count). The van der Waals surface area contributed by atoms with Gasteiger partial charge in [0, 0.05) is 37.1 Å². The third-order valence-electron chi connectivity index (χ3n) is 5.71. The van der Waals surface area contributed by atoms with Crippen LogP contribution < -0.4 is 0 Å². The van der Waals surface area contributed by atoms with E-state index in [9.17, 15) is 18.0 Å². The van der Waals surface area contributed by atoms with Gasteiger partial charge in [-0.1, -0.05) is 12.8 Å². The van der Waals surface area contributed by atoms with Gasteiger partial charge < -0.3 is 4.90 Å². The minimum atomic E-state index is -3.28. The summed E-state index contributed by atoms with van der Waals surface area (Å²) >= 11 is 0. The Morgan fingerprint density at radius 3 is 2.53 bits per heavy atom. The van der Waals surface area contributed by atoms with E-state index < -0.39 is 12.7 Å². The number of fused-ring (bicyclic) bond motifs is 2. The van der Waals surface area contributed by atoms with Crippen LogP contribution in [0.25, 0.3) is 27.9 Å². The lowest BCUT2D eigenvalue weighted by molar-refractivity contribution is 0.00356. The molecule has 0 aliphatic carbocycles. The normalized spacial score (nSPS) is 16.1. The number of rotatable bonds is 4. The number of amides is 1. The van der Waals surface area contributed by atoms with E-state index in [1.54, 1.807) is 21.7 Å². The molecule has 5 heterocycles. The van der Waals surface area contributed by atoms with Crippen LogP contribution in [-0.2, 0) is 0 Å². The monoisotopic (exact) mass is 443 g/mol. The summed E-state index contributed by atoms with van der Waals surface area (Å²) in [5.74, 6) is -0.295. The number of alkyl halides is 3. The van der Waals surface area contributed by atoms with Crippen molar-refractivity contribution < 1.29 is 18.0 Å². The molecule has 1 fully saturated rings. The highest BCUT2D eigenvalue weighted by Gasteiger charge is 2.28. The van der Waals surface area contributed by atoms with Gasteiger partial charge in [-0.2, -0.15) is 5.10 Å². The molecule has 0 N–H and O–H groups in total. The summed E-state index contributed by atoms with van der Waals surface area (Å²) in [5.41, 5.74) is 1.39. The topological polar surface area (TPSA) is 81.2 Å². The molecule has 1 saturated heterocycles. The molecule has 11 heteroatoms. The molecule has 1 aliphatic rings. The van der Waals surface area contributed by atoms with E-state index in [0.29, 0.717) is 34.5 Å². The second-order valence-corrected chi connectivity index (χ2v) is 7.74. The molecule has 0 aromatic carbocycles. The van der Waals surface area contributed by atoms with Gasteiger partial charge in [0.1, 0.15) is 11.4 Å². The first-order chi connectivity index (χ1) is 15.5. The van der Waals surface area contributed by atoms with Crippen molar-refractivity contribution >= 4 is 22.5 Å². The molecule has 0 radical (unpaired) electrons. The van der Waals surface area contributed by atoms with Crippen molar-refractivity contribution in [1.29, 1.82) is 0 Å². The summed E-state index contributed by atoms with van der Waals surface area (Å²) in [6.45, 7) is 1.23. The summed E-state index contributed by atoms with van der Waals surface area (Å²) in [6.07, 6.45) is 5.58. The molecule has 1 amide bonds. The zero-order valence-corrected chi connectivity index (χ0v) is 17.0. The van der Waals surface area contributed by atoms with E-state index in [1.165, 1.54) is 24.7 Å². The van der Waals surface area contributed by atoms with Crippen molar-refractivity contribution in [2.75, 3.05) is 13.1 Å². The quantitative estimate of drug-likeness (QED) is 0.478. The zero-order valence-electron chi connectivity index (χ0n) is 17.0. The number of aromatic nitrogens is 6. The van der Waals surface area contributed by atoms with Crippen molar-refractivity contribution in [3.8, 4) is 11.4 Å². The number of nitrogens with zero attached hydrogens (tertiary/aromatic N) is 7. The standard InChI is InChI=1S/C21H20F3N7O/c22-19(23)20(24)31-15-9-14(21(32)29-6-3-1-2-4-7-29)26-10-13(15)18(28-31)16-11-27-17-12-25-5-8-30(16)17/h5,8-12,19-20H,1-4,6-7H2. The summed E-state index contributed by atoms with van der Waals surface area (Å²) < 4.78 is 43.4. The van der Waals surface area contributed by atoms with E-state index in [4.69, 9.17) is 0 Å². The largest absolute Gasteiger partial charge is 0.337 e. The van der Waals surface area contributed by atoms with Gasteiger partial charge in [0.25, 0.3) is 18.6 Å². The molecule has 1 aliphatic heterocycles. The average Bonchev–Trinajstić information content (AvgIpc) is 3.28. The van der Waals surface area contributed by atoms with Gasteiger partial charge in [0.05, 0.1) is 23.6 Å². The lowest BCUT2D eigenvalue weighted by Crippen LogP contribution is -2.32. The summed E-state index contributed by atoms with van der Waals surface area (Å²) in [6, 6.07) is 1.35. The molecule has 0 saturated carbocycles. The maximum atomic E-state index is 14.5. The van der Waals surface area contributed by atoms with Crippen molar-refractivity contribution in [3.05, 3.63) is 42.7 Å². The van der Waals surface area contributed by atoms with Crippen LogP contribution in [0.3, 0.4) is 0 Å². The minimum Gasteiger partial charge on any atom is -0.337 e. The van der Waals surface area contributed by atoms with Crippen LogP contribution in [0.1, 0.15) is 42.5 Å². The molecular weight excluding hydrogens is 423 g/mol. The highest BCUT2D eigenvalue weighted by atomic mass is 19.3. The van der Waals surface area contributed by atoms with Crippen molar-refractivity contribution in [2.45, 2.75) is 38.4 Å². The van der Waals surface area contributed by atoms with Gasteiger partial charge in [0.2, 0.25) is 0 Å². The predicted molar refractivity (Wildman–Crippen MR) is 110 cm³/mol. The van der Waals surface area contributed by atoms with Crippen LogP contribution in [-0.4, -0.2) is 59.5 Å². The number of halogens is 3. The van der Waals surface area contributed by atoms with E-state index in [2.05, 4.69) is 20.1 Å². The lowest BCUT2D eigenvalue weighted by atomic mass is 10.2. The van der Waals surface area contributed by atoms with Gasteiger partial charge in [-0.3, -0.25) is 19.2 Å². The molecule has 0 spiro atoms. The third kappa shape index (κ3) is 3.47. The molecule has 4 aromatic rings. The zero-order chi connectivity index (χ0) is 22.2. The van der Waals surface area contributed by atoms with Crippen LogP contribution >= 0.6 is 0 Å². The Bertz CT molecular complexity index is 1280. The third-order valence-corrected chi connectivity index (χ3v) is 5.71. The Hall–Kier alpha value is -3.50. The minimum absolute atomic E-state index is 0.0741. The maximum Gasteiger partial charge on any atom is 0.289 e. The Morgan fingerprint density at radius 2 is 1.78 bits per heavy atom. The SMILES string of the molecule is O=C(c1cc2c(cn1)c(-c1cnc3cnccn13)nn2C(F)C(F)F)N1CCCCCC1. The molecule has 1 unspecified atom stereocenters. The van der Waals surface area contributed by atoms with Gasteiger partial charge in [-0.05, 0) is 18.9 Å². The first-order valence-corrected chi connectivity index (χ1v) is 10.4. The van der Waals surface area contributed by atoms with Gasteiger partial charge in [-0.25, -0.2) is 22.8 Å². The number of imidazole rings is 1. The summed E-state index contributed by atoms with van der Waals surface area (Å²) in [5, 5.41) is 4.49. The molecule has 0 bridgehead atoms. The fourth-order valence-corrected chi connectivity index (χ4v) is 4.09. The first-order valence-electron chi connectivity index (χ1n) is 10.4. The Morgan fingerprint density at radius 1 is 1.00 bits per heavy atom. The van der Waals surface area contributed by atoms with Crippen molar-refractivity contribution in [3.63, 3.8) is 0 Å². The number of carbonyl (C=O) groups is 1. The smallest absolute Gasteiger partial charge is 0.289 e. The van der Waals surface area contributed by atoms with Gasteiger partial charge in [-0.15, -0.1) is 0 Å². The average molecular weight is 443 g/mol. The molecule has 166 valence electrons. The summed E-state index contributed by atoms with van der Waals surface area (Å²) in [4.78, 5) is 27.2. The molecule has 1 atom stereocenters. The van der Waals surface area contributed by atoms with E-state index in [1.807, 2.05) is 0 Å². The highest BCUT2D eigenvalue weighted by molar-refractivity contribution is 5.99. The number of hydrogen-bond acceptors (Lipinski definition) is 5. The maximum absolute atomic E-state index is 14.5. The molecular formula is C21H20F3N7O.